The summed E-state index contributed by atoms with van der Waals surface area (Å²) in [4.78, 5) is 11.8. The molecule has 26 heavy (non-hydrogen) atoms. The highest BCUT2D eigenvalue weighted by Crippen LogP contribution is 2.42. The Hall–Kier alpha value is -1.13. The second-order valence-corrected chi connectivity index (χ2v) is 9.01. The van der Waals surface area contributed by atoms with Crippen LogP contribution >= 0.6 is 0 Å². The molecule has 0 aromatic carbocycles. The standard InChI is InChI=1S/C22H35N3O/c1-24-12-10-17(14-22(24)26)16-25-13-11-21(23-25)20-9-5-8-19(15-20)18-6-3-2-4-7-18/h10,12,14,18-21,23H,2-9,11,13,15-16H2,1H3. The molecule has 2 saturated carbocycles. The Labute approximate surface area is 157 Å². The van der Waals surface area contributed by atoms with Crippen molar-refractivity contribution in [3.63, 3.8) is 0 Å². The summed E-state index contributed by atoms with van der Waals surface area (Å²) in [6.45, 7) is 1.94. The number of hydrogen-bond acceptors (Lipinski definition) is 3. The molecule has 1 saturated heterocycles. The van der Waals surface area contributed by atoms with Crippen LogP contribution in [0.25, 0.3) is 0 Å². The van der Waals surface area contributed by atoms with Crippen LogP contribution in [0.2, 0.25) is 0 Å². The van der Waals surface area contributed by atoms with Crippen LogP contribution in [0, 0.1) is 17.8 Å². The zero-order valence-corrected chi connectivity index (χ0v) is 16.3. The van der Waals surface area contributed by atoms with Crippen molar-refractivity contribution in [1.82, 2.24) is 15.0 Å². The molecular weight excluding hydrogens is 322 g/mol. The number of rotatable bonds is 4. The zero-order chi connectivity index (χ0) is 17.9. The van der Waals surface area contributed by atoms with Crippen molar-refractivity contribution in [3.8, 4) is 0 Å². The Balaban J connectivity index is 1.31. The topological polar surface area (TPSA) is 37.3 Å². The lowest BCUT2D eigenvalue weighted by molar-refractivity contribution is 0.125. The number of aryl methyl sites for hydroxylation is 1. The number of nitrogens with one attached hydrogen (secondary N) is 1. The maximum Gasteiger partial charge on any atom is 0.250 e. The van der Waals surface area contributed by atoms with Crippen LogP contribution < -0.4 is 11.0 Å². The molecule has 2 heterocycles. The van der Waals surface area contributed by atoms with Gasteiger partial charge < -0.3 is 4.57 Å². The van der Waals surface area contributed by atoms with Crippen LogP contribution in [-0.2, 0) is 13.6 Å². The number of hydrazine groups is 1. The molecule has 4 heteroatoms. The molecule has 4 nitrogen and oxygen atoms in total. The molecule has 0 bridgehead atoms. The van der Waals surface area contributed by atoms with Crippen molar-refractivity contribution in [3.05, 3.63) is 34.2 Å². The molecule has 4 rings (SSSR count). The molecule has 0 radical (unpaired) electrons. The molecule has 1 N–H and O–H groups in total. The normalized spacial score (nSPS) is 31.3. The highest BCUT2D eigenvalue weighted by molar-refractivity contribution is 5.10. The van der Waals surface area contributed by atoms with Crippen molar-refractivity contribution < 1.29 is 0 Å². The monoisotopic (exact) mass is 357 g/mol. The summed E-state index contributed by atoms with van der Waals surface area (Å²) in [6.07, 6.45) is 16.3. The van der Waals surface area contributed by atoms with E-state index in [1.807, 2.05) is 13.2 Å². The van der Waals surface area contributed by atoms with Gasteiger partial charge in [0.25, 0.3) is 5.56 Å². The predicted octanol–water partition coefficient (Wildman–Crippen LogP) is 3.85. The Morgan fingerprint density at radius 3 is 2.58 bits per heavy atom. The summed E-state index contributed by atoms with van der Waals surface area (Å²) < 4.78 is 1.64. The van der Waals surface area contributed by atoms with Crippen LogP contribution in [0.15, 0.2) is 23.1 Å². The van der Waals surface area contributed by atoms with E-state index in [0.29, 0.717) is 6.04 Å². The maximum absolute atomic E-state index is 11.8. The van der Waals surface area contributed by atoms with Crippen LogP contribution in [-0.4, -0.2) is 22.2 Å². The van der Waals surface area contributed by atoms with E-state index in [1.54, 1.807) is 10.6 Å². The van der Waals surface area contributed by atoms with E-state index in [9.17, 15) is 4.79 Å². The molecule has 3 atom stereocenters. The zero-order valence-electron chi connectivity index (χ0n) is 16.3. The highest BCUT2D eigenvalue weighted by Gasteiger charge is 2.35. The lowest BCUT2D eigenvalue weighted by Crippen LogP contribution is -2.41. The average molecular weight is 358 g/mol. The first-order valence-corrected chi connectivity index (χ1v) is 10.9. The van der Waals surface area contributed by atoms with Gasteiger partial charge >= 0.3 is 0 Å². The summed E-state index contributed by atoms with van der Waals surface area (Å²) in [5, 5.41) is 2.34. The van der Waals surface area contributed by atoms with Crippen LogP contribution in [0.3, 0.4) is 0 Å². The van der Waals surface area contributed by atoms with E-state index in [2.05, 4.69) is 16.5 Å². The molecular formula is C22H35N3O. The third-order valence-corrected chi connectivity index (χ3v) is 7.24. The smallest absolute Gasteiger partial charge is 0.250 e. The van der Waals surface area contributed by atoms with Gasteiger partial charge in [0.1, 0.15) is 0 Å². The summed E-state index contributed by atoms with van der Waals surface area (Å²) in [5.41, 5.74) is 4.99. The quantitative estimate of drug-likeness (QED) is 0.889. The minimum Gasteiger partial charge on any atom is -0.319 e. The molecule has 0 spiro atoms. The van der Waals surface area contributed by atoms with Gasteiger partial charge in [-0.1, -0.05) is 44.9 Å². The second-order valence-electron chi connectivity index (χ2n) is 9.01. The Morgan fingerprint density at radius 1 is 1.00 bits per heavy atom. The molecule has 3 unspecified atom stereocenters. The molecule has 0 amide bonds. The minimum atomic E-state index is 0.0841. The van der Waals surface area contributed by atoms with Gasteiger partial charge in [-0.3, -0.25) is 10.2 Å². The molecule has 144 valence electrons. The van der Waals surface area contributed by atoms with E-state index in [1.165, 1.54) is 64.2 Å². The first-order chi connectivity index (χ1) is 12.7. The van der Waals surface area contributed by atoms with E-state index in [-0.39, 0.29) is 5.56 Å². The number of pyridine rings is 1. The van der Waals surface area contributed by atoms with Gasteiger partial charge in [0.15, 0.2) is 0 Å². The number of nitrogens with zero attached hydrogens (tertiary/aromatic N) is 2. The van der Waals surface area contributed by atoms with Crippen LogP contribution in [0.4, 0.5) is 0 Å². The SMILES string of the molecule is Cn1ccc(CN2CCC(C3CCCC(C4CCCCC4)C3)N2)cc1=O. The minimum absolute atomic E-state index is 0.0841. The van der Waals surface area contributed by atoms with Crippen LogP contribution in [0.1, 0.15) is 69.8 Å². The van der Waals surface area contributed by atoms with Gasteiger partial charge in [-0.2, -0.15) is 0 Å². The lowest BCUT2D eigenvalue weighted by atomic mass is 9.69. The average Bonchev–Trinajstić information content (AvgIpc) is 3.14. The first kappa shape index (κ1) is 18.2. The van der Waals surface area contributed by atoms with E-state index in [0.717, 1.165) is 36.4 Å². The van der Waals surface area contributed by atoms with Crippen molar-refractivity contribution >= 4 is 0 Å². The van der Waals surface area contributed by atoms with Crippen molar-refractivity contribution in [2.45, 2.75) is 76.8 Å². The Bertz CT molecular complexity index is 649. The van der Waals surface area contributed by atoms with E-state index < -0.39 is 0 Å². The molecule has 3 aliphatic rings. The lowest BCUT2D eigenvalue weighted by Gasteiger charge is -2.38. The molecule has 1 aromatic rings. The molecule has 3 fully saturated rings. The Morgan fingerprint density at radius 2 is 1.77 bits per heavy atom. The van der Waals surface area contributed by atoms with Crippen LogP contribution in [0.5, 0.6) is 0 Å². The third-order valence-electron chi connectivity index (χ3n) is 7.24. The maximum atomic E-state index is 11.8. The fourth-order valence-electron chi connectivity index (χ4n) is 5.70. The van der Waals surface area contributed by atoms with E-state index in [4.69, 9.17) is 0 Å². The van der Waals surface area contributed by atoms with E-state index >= 15 is 0 Å². The van der Waals surface area contributed by atoms with Gasteiger partial charge in [0.2, 0.25) is 0 Å². The van der Waals surface area contributed by atoms with Gasteiger partial charge in [0.05, 0.1) is 0 Å². The first-order valence-electron chi connectivity index (χ1n) is 10.9. The van der Waals surface area contributed by atoms with Crippen molar-refractivity contribution in [2.24, 2.45) is 24.8 Å². The number of aromatic nitrogens is 1. The van der Waals surface area contributed by atoms with Crippen molar-refractivity contribution in [1.29, 1.82) is 0 Å². The van der Waals surface area contributed by atoms with Gasteiger partial charge in [-0.05, 0) is 48.6 Å². The predicted molar refractivity (Wildman–Crippen MR) is 106 cm³/mol. The fourth-order valence-corrected chi connectivity index (χ4v) is 5.70. The number of hydrogen-bond donors (Lipinski definition) is 1. The van der Waals surface area contributed by atoms with Gasteiger partial charge in [-0.15, -0.1) is 0 Å². The second kappa shape index (κ2) is 8.26. The van der Waals surface area contributed by atoms with Gasteiger partial charge in [0, 0.05) is 38.4 Å². The molecule has 1 aliphatic heterocycles. The van der Waals surface area contributed by atoms with Crippen molar-refractivity contribution in [2.75, 3.05) is 6.54 Å². The fraction of sp³-hybridized carbons (Fsp3) is 0.773. The molecule has 2 aliphatic carbocycles. The Kier molecular flexibility index (Phi) is 5.80. The largest absolute Gasteiger partial charge is 0.319 e. The third kappa shape index (κ3) is 4.23. The highest BCUT2D eigenvalue weighted by atomic mass is 16.1. The summed E-state index contributed by atoms with van der Waals surface area (Å²) in [5.74, 6) is 2.86. The summed E-state index contributed by atoms with van der Waals surface area (Å²) in [7, 11) is 1.81. The summed E-state index contributed by atoms with van der Waals surface area (Å²) >= 11 is 0. The summed E-state index contributed by atoms with van der Waals surface area (Å²) in [6, 6.07) is 4.48. The van der Waals surface area contributed by atoms with Gasteiger partial charge in [-0.25, -0.2) is 5.01 Å². The molecule has 1 aromatic heterocycles.